The molecular formula is C12H19P. The van der Waals surface area contributed by atoms with E-state index < -0.39 is 7.26 Å². The minimum atomic E-state index is -1.01. The normalized spacial score (nSPS) is 23.8. The first-order valence-electron chi connectivity index (χ1n) is 5.37. The number of rotatable bonds is 1. The molecule has 1 heteroatoms. The summed E-state index contributed by atoms with van der Waals surface area (Å²) in [6.45, 7) is 2.56. The third-order valence-electron chi connectivity index (χ3n) is 3.43. The number of hydrogen-bond donors (Lipinski definition) is 0. The summed E-state index contributed by atoms with van der Waals surface area (Å²) >= 11 is 0. The summed E-state index contributed by atoms with van der Waals surface area (Å²) < 4.78 is 0. The monoisotopic (exact) mass is 194 g/mol. The average molecular weight is 194 g/mol. The first-order chi connectivity index (χ1) is 6.31. The molecule has 1 fully saturated rings. The molecule has 0 N–H and O–H groups in total. The van der Waals surface area contributed by atoms with Crippen LogP contribution in [0.15, 0.2) is 30.3 Å². The molecule has 0 aromatic heterocycles. The van der Waals surface area contributed by atoms with Gasteiger partial charge in [0.05, 0.1) is 0 Å². The standard InChI is InChI=1S/C12H19P/c1-13(10-6-3-7-11-13)12-8-4-2-5-9-12/h2,4-5,8-9,13H,3,6-7,10-11H2,1H3. The van der Waals surface area contributed by atoms with Crippen LogP contribution in [-0.4, -0.2) is 19.0 Å². The van der Waals surface area contributed by atoms with Crippen LogP contribution in [0.3, 0.4) is 0 Å². The van der Waals surface area contributed by atoms with Crippen molar-refractivity contribution < 1.29 is 0 Å². The molecule has 13 heavy (non-hydrogen) atoms. The average Bonchev–Trinajstić information content (AvgIpc) is 2.20. The molecule has 0 amide bonds. The molecule has 0 bridgehead atoms. The van der Waals surface area contributed by atoms with E-state index in [9.17, 15) is 0 Å². The van der Waals surface area contributed by atoms with Crippen LogP contribution >= 0.6 is 7.26 Å². The van der Waals surface area contributed by atoms with Crippen molar-refractivity contribution in [3.8, 4) is 0 Å². The van der Waals surface area contributed by atoms with Gasteiger partial charge in [0, 0.05) is 0 Å². The fourth-order valence-electron chi connectivity index (χ4n) is 2.46. The molecule has 1 aliphatic rings. The van der Waals surface area contributed by atoms with Gasteiger partial charge < -0.3 is 0 Å². The van der Waals surface area contributed by atoms with Gasteiger partial charge in [0.2, 0.25) is 0 Å². The van der Waals surface area contributed by atoms with Gasteiger partial charge in [-0.3, -0.25) is 0 Å². The predicted molar refractivity (Wildman–Crippen MR) is 63.9 cm³/mol. The fourth-order valence-corrected chi connectivity index (χ4v) is 6.35. The van der Waals surface area contributed by atoms with Gasteiger partial charge in [0.1, 0.15) is 0 Å². The molecule has 0 spiro atoms. The molecule has 72 valence electrons. The van der Waals surface area contributed by atoms with E-state index in [1.165, 1.54) is 31.6 Å². The zero-order chi connectivity index (χ0) is 9.15. The van der Waals surface area contributed by atoms with Crippen molar-refractivity contribution >= 4 is 12.6 Å². The van der Waals surface area contributed by atoms with Crippen molar-refractivity contribution in [1.82, 2.24) is 0 Å². The molecule has 1 aromatic rings. The second-order valence-electron chi connectivity index (χ2n) is 4.49. The molecule has 2 rings (SSSR count). The van der Waals surface area contributed by atoms with E-state index in [1.54, 1.807) is 5.30 Å². The van der Waals surface area contributed by atoms with Crippen LogP contribution in [0.25, 0.3) is 0 Å². The van der Waals surface area contributed by atoms with E-state index in [0.717, 1.165) is 0 Å². The van der Waals surface area contributed by atoms with Gasteiger partial charge in [-0.1, -0.05) is 0 Å². The molecule has 0 atom stereocenters. The maximum atomic E-state index is 2.56. The van der Waals surface area contributed by atoms with E-state index >= 15 is 0 Å². The summed E-state index contributed by atoms with van der Waals surface area (Å²) in [4.78, 5) is 0. The van der Waals surface area contributed by atoms with E-state index in [1.807, 2.05) is 0 Å². The number of hydrogen-bond acceptors (Lipinski definition) is 0. The van der Waals surface area contributed by atoms with Crippen molar-refractivity contribution in [2.45, 2.75) is 19.3 Å². The minimum absolute atomic E-state index is 1.01. The van der Waals surface area contributed by atoms with E-state index in [2.05, 4.69) is 37.0 Å². The van der Waals surface area contributed by atoms with E-state index in [4.69, 9.17) is 0 Å². The van der Waals surface area contributed by atoms with Crippen LogP contribution in [0.5, 0.6) is 0 Å². The molecule has 1 saturated heterocycles. The first kappa shape index (κ1) is 9.21. The Kier molecular flexibility index (Phi) is 2.69. The summed E-state index contributed by atoms with van der Waals surface area (Å²) in [7, 11) is -1.01. The summed E-state index contributed by atoms with van der Waals surface area (Å²) in [6.07, 6.45) is 7.43. The van der Waals surface area contributed by atoms with Crippen LogP contribution in [0.4, 0.5) is 0 Å². The van der Waals surface area contributed by atoms with Crippen LogP contribution in [-0.2, 0) is 0 Å². The van der Waals surface area contributed by atoms with Gasteiger partial charge in [-0.2, -0.15) is 0 Å². The van der Waals surface area contributed by atoms with Gasteiger partial charge in [-0.15, -0.1) is 0 Å². The summed E-state index contributed by atoms with van der Waals surface area (Å²) in [5, 5.41) is 1.68. The van der Waals surface area contributed by atoms with Crippen molar-refractivity contribution in [3.63, 3.8) is 0 Å². The Bertz CT molecular complexity index is 260. The molecule has 1 heterocycles. The van der Waals surface area contributed by atoms with Crippen molar-refractivity contribution in [2.75, 3.05) is 19.0 Å². The number of benzene rings is 1. The van der Waals surface area contributed by atoms with E-state index in [-0.39, 0.29) is 0 Å². The molecule has 0 aliphatic carbocycles. The molecule has 0 nitrogen and oxygen atoms in total. The first-order valence-corrected chi connectivity index (χ1v) is 8.28. The van der Waals surface area contributed by atoms with Gasteiger partial charge in [-0.25, -0.2) is 0 Å². The van der Waals surface area contributed by atoms with Crippen LogP contribution in [0, 0.1) is 0 Å². The fraction of sp³-hybridized carbons (Fsp3) is 0.500. The SMILES string of the molecule is C[PH]1(c2ccccc2)CCCCC1. The predicted octanol–water partition coefficient (Wildman–Crippen LogP) is 2.88. The van der Waals surface area contributed by atoms with Gasteiger partial charge in [-0.05, 0) is 0 Å². The molecule has 0 saturated carbocycles. The van der Waals surface area contributed by atoms with Gasteiger partial charge in [0.25, 0.3) is 0 Å². The summed E-state index contributed by atoms with van der Waals surface area (Å²) in [5.74, 6) is 0. The molecule has 0 unspecified atom stereocenters. The second-order valence-corrected chi connectivity index (χ2v) is 9.19. The Morgan fingerprint density at radius 3 is 2.15 bits per heavy atom. The van der Waals surface area contributed by atoms with Crippen molar-refractivity contribution in [1.29, 1.82) is 0 Å². The quantitative estimate of drug-likeness (QED) is 0.603. The van der Waals surface area contributed by atoms with Crippen molar-refractivity contribution in [2.24, 2.45) is 0 Å². The van der Waals surface area contributed by atoms with Crippen LogP contribution < -0.4 is 5.30 Å². The molecular weight excluding hydrogens is 175 g/mol. The van der Waals surface area contributed by atoms with Gasteiger partial charge in [0.15, 0.2) is 0 Å². The zero-order valence-electron chi connectivity index (χ0n) is 8.42. The maximum absolute atomic E-state index is 2.56. The zero-order valence-corrected chi connectivity index (χ0v) is 9.42. The second kappa shape index (κ2) is 3.80. The van der Waals surface area contributed by atoms with Crippen molar-refractivity contribution in [3.05, 3.63) is 30.3 Å². The summed E-state index contributed by atoms with van der Waals surface area (Å²) in [6, 6.07) is 11.2. The van der Waals surface area contributed by atoms with Crippen LogP contribution in [0.1, 0.15) is 19.3 Å². The molecule has 1 aliphatic heterocycles. The van der Waals surface area contributed by atoms with E-state index in [0.29, 0.717) is 0 Å². The summed E-state index contributed by atoms with van der Waals surface area (Å²) in [5.41, 5.74) is 0. The molecule has 1 aromatic carbocycles. The topological polar surface area (TPSA) is 0 Å². The van der Waals surface area contributed by atoms with Crippen LogP contribution in [0.2, 0.25) is 0 Å². The van der Waals surface area contributed by atoms with Gasteiger partial charge >= 0.3 is 81.1 Å². The Morgan fingerprint density at radius 1 is 0.923 bits per heavy atom. The Hall–Kier alpha value is -0.350. The Labute approximate surface area is 81.7 Å². The Balaban J connectivity index is 2.23. The Morgan fingerprint density at radius 2 is 1.54 bits per heavy atom. The third kappa shape index (κ3) is 1.94. The third-order valence-corrected chi connectivity index (χ3v) is 8.07. The molecule has 0 radical (unpaired) electrons.